The van der Waals surface area contributed by atoms with Crippen molar-refractivity contribution < 1.29 is 0 Å². The maximum atomic E-state index is 2.32. The molecule has 1 heterocycles. The molecule has 1 aliphatic carbocycles. The molecule has 0 saturated carbocycles. The topological polar surface area (TPSA) is 0 Å². The third kappa shape index (κ3) is 1.69. The molecule has 0 saturated heterocycles. The molecule has 1 aliphatic heterocycles. The first-order chi connectivity index (χ1) is 9.31. The van der Waals surface area contributed by atoms with Crippen LogP contribution in [0.2, 0.25) is 0 Å². The zero-order chi connectivity index (χ0) is 12.8. The summed E-state index contributed by atoms with van der Waals surface area (Å²) < 4.78 is 0. The minimum atomic E-state index is 0.517. The first-order valence-electron chi connectivity index (χ1n) is 6.80. The molecule has 0 spiro atoms. The average molecular weight is 241 g/mol. The molecule has 1 radical (unpaired) electrons. The van der Waals surface area contributed by atoms with E-state index in [-0.39, 0.29) is 0 Å². The van der Waals surface area contributed by atoms with Crippen molar-refractivity contribution in [3.63, 3.8) is 0 Å². The van der Waals surface area contributed by atoms with Crippen molar-refractivity contribution in [2.75, 3.05) is 0 Å². The lowest BCUT2D eigenvalue weighted by Gasteiger charge is -2.06. The average Bonchev–Trinajstić information content (AvgIpc) is 2.66. The highest BCUT2D eigenvalue weighted by atomic mass is 14.2. The molecular formula is C18H14B. The van der Waals surface area contributed by atoms with E-state index in [2.05, 4.69) is 74.9 Å². The van der Waals surface area contributed by atoms with Gasteiger partial charge in [-0.15, -0.1) is 0 Å². The number of benzene rings is 2. The molecule has 89 valence electrons. The van der Waals surface area contributed by atoms with Crippen LogP contribution in [0, 0.1) is 5.92 Å². The Bertz CT molecular complexity index is 762. The van der Waals surface area contributed by atoms with Gasteiger partial charge in [-0.1, -0.05) is 72.5 Å². The molecule has 19 heavy (non-hydrogen) atoms. The summed E-state index contributed by atoms with van der Waals surface area (Å²) in [6.45, 7) is 2.22. The minimum absolute atomic E-state index is 0.517. The summed E-state index contributed by atoms with van der Waals surface area (Å²) in [5, 5.41) is 2.63. The van der Waals surface area contributed by atoms with Crippen molar-refractivity contribution in [1.29, 1.82) is 0 Å². The lowest BCUT2D eigenvalue weighted by atomic mass is 9.66. The van der Waals surface area contributed by atoms with Crippen LogP contribution in [0.15, 0.2) is 66.2 Å². The Labute approximate surface area is 114 Å². The maximum absolute atomic E-state index is 2.32. The van der Waals surface area contributed by atoms with Crippen molar-refractivity contribution in [3.8, 4) is 0 Å². The first kappa shape index (κ1) is 10.9. The van der Waals surface area contributed by atoms with Gasteiger partial charge in [-0.3, -0.25) is 0 Å². The summed E-state index contributed by atoms with van der Waals surface area (Å²) >= 11 is 0. The van der Waals surface area contributed by atoms with E-state index in [4.69, 9.17) is 0 Å². The van der Waals surface area contributed by atoms with E-state index in [9.17, 15) is 0 Å². The number of allylic oxidation sites excluding steroid dienone is 6. The van der Waals surface area contributed by atoms with Crippen molar-refractivity contribution in [1.82, 2.24) is 0 Å². The van der Waals surface area contributed by atoms with Crippen LogP contribution < -0.4 is 5.46 Å². The largest absolute Gasteiger partial charge is 0.193 e. The highest BCUT2D eigenvalue weighted by Gasteiger charge is 2.21. The molecule has 4 rings (SSSR count). The summed E-state index contributed by atoms with van der Waals surface area (Å²) in [6, 6.07) is 13.2. The Hall–Kier alpha value is -2.02. The quantitative estimate of drug-likeness (QED) is 0.617. The van der Waals surface area contributed by atoms with Crippen LogP contribution in [0.1, 0.15) is 12.5 Å². The number of fused-ring (bicyclic) bond motifs is 3. The van der Waals surface area contributed by atoms with Crippen LogP contribution in [0.3, 0.4) is 0 Å². The molecule has 1 heteroatoms. The van der Waals surface area contributed by atoms with Gasteiger partial charge in [-0.05, 0) is 33.9 Å². The number of hydrogen-bond donors (Lipinski definition) is 0. The molecule has 0 aromatic heterocycles. The molecule has 2 aliphatic rings. The molecule has 0 amide bonds. The second-order valence-electron chi connectivity index (χ2n) is 5.38. The van der Waals surface area contributed by atoms with Gasteiger partial charge >= 0.3 is 0 Å². The Kier molecular flexibility index (Phi) is 2.28. The van der Waals surface area contributed by atoms with Crippen LogP contribution in [0.4, 0.5) is 0 Å². The monoisotopic (exact) mass is 241 g/mol. The highest BCUT2D eigenvalue weighted by Crippen LogP contribution is 2.30. The van der Waals surface area contributed by atoms with Gasteiger partial charge in [0.1, 0.15) is 0 Å². The summed E-state index contributed by atoms with van der Waals surface area (Å²) in [6.07, 6.45) is 9.07. The molecule has 2 aromatic carbocycles. The fourth-order valence-electron chi connectivity index (χ4n) is 2.90. The summed E-state index contributed by atoms with van der Waals surface area (Å²) in [4.78, 5) is 0. The maximum Gasteiger partial charge on any atom is 0.193 e. The van der Waals surface area contributed by atoms with Gasteiger partial charge in [0.2, 0.25) is 0 Å². The second-order valence-corrected chi connectivity index (χ2v) is 5.38. The van der Waals surface area contributed by atoms with Crippen molar-refractivity contribution in [2.24, 2.45) is 5.92 Å². The summed E-state index contributed by atoms with van der Waals surface area (Å²) in [5.74, 6) is 0.517. The van der Waals surface area contributed by atoms with Gasteiger partial charge < -0.3 is 0 Å². The Morgan fingerprint density at radius 2 is 1.68 bits per heavy atom. The predicted octanol–water partition coefficient (Wildman–Crippen LogP) is 3.66. The number of hydrogen-bond acceptors (Lipinski definition) is 0. The first-order valence-corrected chi connectivity index (χ1v) is 6.80. The molecule has 0 fully saturated rings. The lowest BCUT2D eigenvalue weighted by Crippen LogP contribution is -2.13. The predicted molar refractivity (Wildman–Crippen MR) is 83.7 cm³/mol. The van der Waals surface area contributed by atoms with Crippen LogP contribution >= 0.6 is 0 Å². The molecule has 0 unspecified atom stereocenters. The fourth-order valence-corrected chi connectivity index (χ4v) is 2.90. The smallest absolute Gasteiger partial charge is 0.0784 e. The van der Waals surface area contributed by atoms with Gasteiger partial charge in [0, 0.05) is 0 Å². The van der Waals surface area contributed by atoms with E-state index in [1.807, 2.05) is 0 Å². The molecular weight excluding hydrogens is 227 g/mol. The van der Waals surface area contributed by atoms with E-state index < -0.39 is 0 Å². The second kappa shape index (κ2) is 3.99. The van der Waals surface area contributed by atoms with Crippen LogP contribution in [-0.4, -0.2) is 7.28 Å². The molecule has 0 nitrogen and oxygen atoms in total. The van der Waals surface area contributed by atoms with Gasteiger partial charge in [-0.25, -0.2) is 0 Å². The fraction of sp³-hybridized carbons (Fsp3) is 0.111. The molecule has 2 aromatic rings. The van der Waals surface area contributed by atoms with E-state index in [0.29, 0.717) is 5.92 Å². The van der Waals surface area contributed by atoms with Crippen LogP contribution in [-0.2, 0) is 0 Å². The molecule has 0 N–H and O–H groups in total. The standard InChI is InChI=1S/C18H14B/c1-12-6-8-15-16-10-13-4-2-3-5-14(13)11-18(16)19-17(15)9-7-12/h2-12H,1H3/t12-/m1/s1. The van der Waals surface area contributed by atoms with Gasteiger partial charge in [0.15, 0.2) is 7.28 Å². The summed E-state index contributed by atoms with van der Waals surface area (Å²) in [7, 11) is 2.30. The normalized spacial score (nSPS) is 20.2. The van der Waals surface area contributed by atoms with Crippen LogP contribution in [0.25, 0.3) is 16.3 Å². The molecule has 0 bridgehead atoms. The third-order valence-corrected chi connectivity index (χ3v) is 3.98. The zero-order valence-corrected chi connectivity index (χ0v) is 10.9. The Morgan fingerprint density at radius 3 is 2.53 bits per heavy atom. The van der Waals surface area contributed by atoms with Crippen molar-refractivity contribution in [3.05, 3.63) is 71.7 Å². The third-order valence-electron chi connectivity index (χ3n) is 3.98. The van der Waals surface area contributed by atoms with E-state index in [0.717, 1.165) is 0 Å². The van der Waals surface area contributed by atoms with E-state index in [1.165, 1.54) is 32.8 Å². The van der Waals surface area contributed by atoms with E-state index in [1.54, 1.807) is 0 Å². The van der Waals surface area contributed by atoms with Gasteiger partial charge in [-0.2, -0.15) is 0 Å². The highest BCUT2D eigenvalue weighted by molar-refractivity contribution is 6.67. The van der Waals surface area contributed by atoms with Gasteiger partial charge in [0.25, 0.3) is 0 Å². The number of rotatable bonds is 0. The Morgan fingerprint density at radius 1 is 0.947 bits per heavy atom. The molecule has 1 atom stereocenters. The SMILES string of the molecule is C[C@H]1C=CC2=C(C=C1)c1cc3ccccc3cc1[B]2. The Balaban J connectivity index is 1.94. The lowest BCUT2D eigenvalue weighted by molar-refractivity contribution is 0.942. The summed E-state index contributed by atoms with van der Waals surface area (Å²) in [5.41, 5.74) is 5.41. The zero-order valence-electron chi connectivity index (χ0n) is 10.9. The minimum Gasteiger partial charge on any atom is -0.0784 e. The van der Waals surface area contributed by atoms with E-state index >= 15 is 0 Å². The van der Waals surface area contributed by atoms with Crippen LogP contribution in [0.5, 0.6) is 0 Å². The van der Waals surface area contributed by atoms with Crippen molar-refractivity contribution >= 4 is 29.1 Å². The van der Waals surface area contributed by atoms with Crippen molar-refractivity contribution in [2.45, 2.75) is 6.92 Å². The van der Waals surface area contributed by atoms with Gasteiger partial charge in [0.05, 0.1) is 0 Å².